The number of nitrogens with one attached hydrogen (secondary N) is 2. The Morgan fingerprint density at radius 2 is 1.64 bits per heavy atom. The normalized spacial score (nSPS) is 13.1. The second-order valence-corrected chi connectivity index (χ2v) is 8.82. The molecule has 3 aromatic carbocycles. The summed E-state index contributed by atoms with van der Waals surface area (Å²) >= 11 is 0. The van der Waals surface area contributed by atoms with Crippen molar-refractivity contribution in [2.75, 3.05) is 32.1 Å². The number of anilines is 1. The van der Waals surface area contributed by atoms with Gasteiger partial charge >= 0.3 is 5.97 Å². The molecule has 0 aliphatic rings. The van der Waals surface area contributed by atoms with Gasteiger partial charge in [-0.3, -0.25) is 14.9 Å². The van der Waals surface area contributed by atoms with Crippen LogP contribution in [0, 0.1) is 10.1 Å². The first-order chi connectivity index (χ1) is 18.8. The molecular weight excluding hydrogens is 506 g/mol. The summed E-state index contributed by atoms with van der Waals surface area (Å²) in [5.41, 5.74) is 0.695. The van der Waals surface area contributed by atoms with Gasteiger partial charge in [-0.1, -0.05) is 48.5 Å². The number of aliphatic hydroxyl groups is 1. The van der Waals surface area contributed by atoms with Crippen LogP contribution in [0.1, 0.15) is 12.5 Å². The molecule has 0 saturated carbocycles. The summed E-state index contributed by atoms with van der Waals surface area (Å²) in [4.78, 5) is 22.1. The van der Waals surface area contributed by atoms with Crippen LogP contribution in [-0.4, -0.2) is 66.2 Å². The molecule has 0 bridgehead atoms. The number of nitro benzene ring substituents is 1. The molecule has 0 heterocycles. The van der Waals surface area contributed by atoms with Crippen molar-refractivity contribution in [1.82, 2.24) is 5.32 Å². The highest BCUT2D eigenvalue weighted by atomic mass is 16.6. The maximum absolute atomic E-state index is 11.5. The molecule has 0 saturated heterocycles. The molecule has 0 fully saturated rings. The number of nitro groups is 1. The second kappa shape index (κ2) is 14.6. The predicted octanol–water partition coefficient (Wildman–Crippen LogP) is 3.51. The van der Waals surface area contributed by atoms with Gasteiger partial charge in [-0.05, 0) is 30.7 Å². The average molecular weight is 540 g/mol. The third-order valence-corrected chi connectivity index (χ3v) is 5.78. The van der Waals surface area contributed by atoms with E-state index in [0.29, 0.717) is 24.5 Å². The van der Waals surface area contributed by atoms with E-state index in [-0.39, 0.29) is 36.4 Å². The standard InChI is InChI=1S/C28H33N3O8/c1-19(28(33)34)30-27-23(31(35)36)11-8-14-26(27)38-18-21(32)16-29-17-22(15-20-9-4-3-5-10-20)39-25-13-7-6-12-24(25)37-2/h3-14,19,21-22,29-30,32H,15-18H2,1-2H3,(H,33,34). The van der Waals surface area contributed by atoms with Crippen molar-refractivity contribution in [2.24, 2.45) is 0 Å². The molecule has 0 aliphatic carbocycles. The molecule has 0 aromatic heterocycles. The van der Waals surface area contributed by atoms with Gasteiger partial charge in [-0.15, -0.1) is 0 Å². The average Bonchev–Trinajstić information content (AvgIpc) is 2.93. The lowest BCUT2D eigenvalue weighted by Gasteiger charge is -2.22. The van der Waals surface area contributed by atoms with E-state index in [0.717, 1.165) is 5.56 Å². The van der Waals surface area contributed by atoms with Crippen molar-refractivity contribution in [3.8, 4) is 17.2 Å². The summed E-state index contributed by atoms with van der Waals surface area (Å²) in [7, 11) is 1.58. The zero-order valence-corrected chi connectivity index (χ0v) is 21.8. The van der Waals surface area contributed by atoms with Crippen LogP contribution < -0.4 is 24.8 Å². The van der Waals surface area contributed by atoms with Crippen LogP contribution in [0.5, 0.6) is 17.2 Å². The van der Waals surface area contributed by atoms with Gasteiger partial charge in [-0.25, -0.2) is 0 Å². The van der Waals surface area contributed by atoms with E-state index in [1.54, 1.807) is 7.11 Å². The summed E-state index contributed by atoms with van der Waals surface area (Å²) in [6, 6.07) is 20.3. The number of rotatable bonds is 16. The number of hydrogen-bond donors (Lipinski definition) is 4. The molecule has 0 amide bonds. The Morgan fingerprint density at radius 3 is 2.31 bits per heavy atom. The maximum Gasteiger partial charge on any atom is 0.325 e. The Morgan fingerprint density at radius 1 is 0.974 bits per heavy atom. The predicted molar refractivity (Wildman–Crippen MR) is 146 cm³/mol. The fourth-order valence-corrected chi connectivity index (χ4v) is 3.80. The molecule has 11 nitrogen and oxygen atoms in total. The number of para-hydroxylation sites is 3. The minimum Gasteiger partial charge on any atom is -0.493 e. The highest BCUT2D eigenvalue weighted by Crippen LogP contribution is 2.35. The largest absolute Gasteiger partial charge is 0.493 e. The highest BCUT2D eigenvalue weighted by Gasteiger charge is 2.23. The van der Waals surface area contributed by atoms with Crippen LogP contribution in [0.2, 0.25) is 0 Å². The fraction of sp³-hybridized carbons (Fsp3) is 0.321. The molecule has 39 heavy (non-hydrogen) atoms. The van der Waals surface area contributed by atoms with Crippen molar-refractivity contribution in [3.05, 3.63) is 88.5 Å². The summed E-state index contributed by atoms with van der Waals surface area (Å²) < 4.78 is 17.3. The van der Waals surface area contributed by atoms with Crippen molar-refractivity contribution in [1.29, 1.82) is 0 Å². The van der Waals surface area contributed by atoms with Gasteiger partial charge < -0.3 is 35.1 Å². The second-order valence-electron chi connectivity index (χ2n) is 8.82. The Bertz CT molecular complexity index is 1220. The van der Waals surface area contributed by atoms with Gasteiger partial charge in [0.15, 0.2) is 17.2 Å². The van der Waals surface area contributed by atoms with Crippen molar-refractivity contribution in [3.63, 3.8) is 0 Å². The summed E-state index contributed by atoms with van der Waals surface area (Å²) in [6.45, 7) is 1.75. The lowest BCUT2D eigenvalue weighted by molar-refractivity contribution is -0.384. The smallest absolute Gasteiger partial charge is 0.325 e. The molecule has 4 N–H and O–H groups in total. The van der Waals surface area contributed by atoms with Crippen molar-refractivity contribution < 1.29 is 34.1 Å². The molecule has 3 aromatic rings. The number of carbonyl (C=O) groups is 1. The number of benzene rings is 3. The van der Waals surface area contributed by atoms with Crippen LogP contribution in [0.3, 0.4) is 0 Å². The first-order valence-electron chi connectivity index (χ1n) is 12.4. The number of aliphatic hydroxyl groups excluding tert-OH is 1. The first kappa shape index (κ1) is 29.2. The van der Waals surface area contributed by atoms with E-state index in [2.05, 4.69) is 10.6 Å². The highest BCUT2D eigenvalue weighted by molar-refractivity contribution is 5.80. The zero-order valence-electron chi connectivity index (χ0n) is 21.8. The lowest BCUT2D eigenvalue weighted by Crippen LogP contribution is -2.39. The maximum atomic E-state index is 11.5. The molecule has 3 unspecified atom stereocenters. The summed E-state index contributed by atoms with van der Waals surface area (Å²) in [5, 5.41) is 37.0. The number of nitrogens with zero attached hydrogens (tertiary/aromatic N) is 1. The summed E-state index contributed by atoms with van der Waals surface area (Å²) in [6.07, 6.45) is -0.622. The van der Waals surface area contributed by atoms with Gasteiger partial charge in [-0.2, -0.15) is 0 Å². The Kier molecular flexibility index (Phi) is 10.9. The van der Waals surface area contributed by atoms with Gasteiger partial charge in [0.2, 0.25) is 0 Å². The van der Waals surface area contributed by atoms with Crippen LogP contribution >= 0.6 is 0 Å². The topological polar surface area (TPSA) is 152 Å². The lowest BCUT2D eigenvalue weighted by atomic mass is 10.1. The van der Waals surface area contributed by atoms with Crippen LogP contribution in [-0.2, 0) is 11.2 Å². The zero-order chi connectivity index (χ0) is 28.2. The third-order valence-electron chi connectivity index (χ3n) is 5.78. The van der Waals surface area contributed by atoms with E-state index in [4.69, 9.17) is 14.2 Å². The SMILES string of the molecule is COc1ccccc1OC(CNCC(O)COc1cccc([N+](=O)[O-])c1NC(C)C(=O)O)Cc1ccccc1. The molecule has 0 spiro atoms. The number of ether oxygens (including phenoxy) is 3. The van der Waals surface area contributed by atoms with Crippen molar-refractivity contribution >= 4 is 17.3 Å². The molecular formula is C28H33N3O8. The monoisotopic (exact) mass is 539 g/mol. The number of hydrogen-bond acceptors (Lipinski definition) is 9. The van der Waals surface area contributed by atoms with Crippen LogP contribution in [0.15, 0.2) is 72.8 Å². The fourth-order valence-electron chi connectivity index (χ4n) is 3.80. The van der Waals surface area contributed by atoms with Crippen LogP contribution in [0.25, 0.3) is 0 Å². The van der Waals surface area contributed by atoms with E-state index >= 15 is 0 Å². The van der Waals surface area contributed by atoms with Gasteiger partial charge in [0.1, 0.15) is 30.6 Å². The molecule has 208 valence electrons. The molecule has 0 radical (unpaired) electrons. The first-order valence-corrected chi connectivity index (χ1v) is 12.4. The number of carboxylic acids is 1. The quantitative estimate of drug-likeness (QED) is 0.157. The van der Waals surface area contributed by atoms with E-state index in [1.807, 2.05) is 54.6 Å². The van der Waals surface area contributed by atoms with E-state index < -0.39 is 23.0 Å². The molecule has 3 atom stereocenters. The minimum atomic E-state index is -1.18. The van der Waals surface area contributed by atoms with E-state index in [9.17, 15) is 25.1 Å². The third kappa shape index (κ3) is 8.87. The Balaban J connectivity index is 1.61. The molecule has 3 rings (SSSR count). The van der Waals surface area contributed by atoms with Gasteiger partial charge in [0.25, 0.3) is 5.69 Å². The Hall–Kier alpha value is -4.35. The number of carboxylic acid groups (broad SMARTS) is 1. The minimum absolute atomic E-state index is 0.0642. The number of methoxy groups -OCH3 is 1. The van der Waals surface area contributed by atoms with Gasteiger partial charge in [0.05, 0.1) is 12.0 Å². The number of aliphatic carboxylic acids is 1. The van der Waals surface area contributed by atoms with Crippen molar-refractivity contribution in [2.45, 2.75) is 31.6 Å². The Labute approximate surface area is 226 Å². The van der Waals surface area contributed by atoms with Crippen LogP contribution in [0.4, 0.5) is 11.4 Å². The summed E-state index contributed by atoms with van der Waals surface area (Å²) in [5.74, 6) is 0.108. The van der Waals surface area contributed by atoms with E-state index in [1.165, 1.54) is 25.1 Å². The molecule has 0 aliphatic heterocycles. The van der Waals surface area contributed by atoms with Gasteiger partial charge in [0, 0.05) is 25.6 Å². The molecule has 11 heteroatoms.